The van der Waals surface area contributed by atoms with E-state index in [1.807, 2.05) is 19.2 Å². The SMILES string of the molecule is CNCC(Cc1ccc(OC)cc1)Cc1csc(C)n1. The molecule has 0 aliphatic carbocycles. The smallest absolute Gasteiger partial charge is 0.118 e. The van der Waals surface area contributed by atoms with E-state index in [-0.39, 0.29) is 0 Å². The summed E-state index contributed by atoms with van der Waals surface area (Å²) in [6.45, 7) is 3.06. The van der Waals surface area contributed by atoms with E-state index in [0.717, 1.165) is 30.1 Å². The lowest BCUT2D eigenvalue weighted by Crippen LogP contribution is -2.23. The average Bonchev–Trinajstić information content (AvgIpc) is 2.85. The normalized spacial score (nSPS) is 12.3. The van der Waals surface area contributed by atoms with Crippen molar-refractivity contribution in [2.75, 3.05) is 20.7 Å². The highest BCUT2D eigenvalue weighted by atomic mass is 32.1. The number of benzene rings is 1. The maximum atomic E-state index is 5.20. The van der Waals surface area contributed by atoms with E-state index in [1.54, 1.807) is 18.4 Å². The maximum Gasteiger partial charge on any atom is 0.118 e. The van der Waals surface area contributed by atoms with Gasteiger partial charge in [0.05, 0.1) is 17.8 Å². The second-order valence-corrected chi connectivity index (χ2v) is 6.10. The maximum absolute atomic E-state index is 5.20. The third kappa shape index (κ3) is 4.32. The minimum atomic E-state index is 0.565. The summed E-state index contributed by atoms with van der Waals surface area (Å²) in [5.74, 6) is 1.48. The third-order valence-corrected chi connectivity index (χ3v) is 4.16. The monoisotopic (exact) mass is 290 g/mol. The molecule has 3 nitrogen and oxygen atoms in total. The molecule has 1 aromatic carbocycles. The van der Waals surface area contributed by atoms with E-state index >= 15 is 0 Å². The van der Waals surface area contributed by atoms with Crippen molar-refractivity contribution in [2.24, 2.45) is 5.92 Å². The predicted molar refractivity (Wildman–Crippen MR) is 84.7 cm³/mol. The summed E-state index contributed by atoms with van der Waals surface area (Å²) in [6.07, 6.45) is 2.08. The molecule has 20 heavy (non-hydrogen) atoms. The Morgan fingerprint density at radius 1 is 1.25 bits per heavy atom. The Hall–Kier alpha value is -1.39. The second kappa shape index (κ2) is 7.41. The number of aryl methyl sites for hydroxylation is 1. The van der Waals surface area contributed by atoms with Crippen molar-refractivity contribution in [3.63, 3.8) is 0 Å². The highest BCUT2D eigenvalue weighted by molar-refractivity contribution is 7.09. The molecule has 4 heteroatoms. The van der Waals surface area contributed by atoms with Crippen LogP contribution >= 0.6 is 11.3 Å². The van der Waals surface area contributed by atoms with Gasteiger partial charge in [-0.2, -0.15) is 0 Å². The predicted octanol–water partition coefficient (Wildman–Crippen LogP) is 3.08. The zero-order valence-electron chi connectivity index (χ0n) is 12.3. The molecule has 0 bridgehead atoms. The Balaban J connectivity index is 2.00. The Bertz CT molecular complexity index is 522. The minimum absolute atomic E-state index is 0.565. The number of hydrogen-bond acceptors (Lipinski definition) is 4. The van der Waals surface area contributed by atoms with Gasteiger partial charge in [-0.25, -0.2) is 4.98 Å². The largest absolute Gasteiger partial charge is 0.497 e. The van der Waals surface area contributed by atoms with Crippen molar-refractivity contribution in [3.8, 4) is 5.75 Å². The van der Waals surface area contributed by atoms with E-state index in [1.165, 1.54) is 11.3 Å². The molecule has 1 aromatic heterocycles. The number of nitrogens with one attached hydrogen (secondary N) is 1. The van der Waals surface area contributed by atoms with Gasteiger partial charge < -0.3 is 10.1 Å². The molecule has 0 amide bonds. The standard InChI is InChI=1S/C16H22N2OS/c1-12-18-15(11-20-12)9-14(10-17-2)8-13-4-6-16(19-3)7-5-13/h4-7,11,14,17H,8-10H2,1-3H3. The lowest BCUT2D eigenvalue weighted by molar-refractivity contribution is 0.414. The van der Waals surface area contributed by atoms with Gasteiger partial charge in [-0.15, -0.1) is 11.3 Å². The first-order valence-corrected chi connectivity index (χ1v) is 7.77. The Morgan fingerprint density at radius 3 is 2.55 bits per heavy atom. The third-order valence-electron chi connectivity index (χ3n) is 3.34. The Morgan fingerprint density at radius 2 is 2.00 bits per heavy atom. The summed E-state index contributed by atoms with van der Waals surface area (Å²) in [5, 5.41) is 6.61. The van der Waals surface area contributed by atoms with Gasteiger partial charge in [0.2, 0.25) is 0 Å². The first-order chi connectivity index (χ1) is 9.71. The summed E-state index contributed by atoms with van der Waals surface area (Å²) in [4.78, 5) is 4.57. The van der Waals surface area contributed by atoms with Crippen LogP contribution in [-0.2, 0) is 12.8 Å². The van der Waals surface area contributed by atoms with Crippen molar-refractivity contribution in [1.29, 1.82) is 0 Å². The molecule has 108 valence electrons. The molecule has 1 N–H and O–H groups in total. The van der Waals surface area contributed by atoms with Crippen LogP contribution in [0.5, 0.6) is 5.75 Å². The van der Waals surface area contributed by atoms with Crippen molar-refractivity contribution in [1.82, 2.24) is 10.3 Å². The van der Waals surface area contributed by atoms with Crippen LogP contribution in [0.25, 0.3) is 0 Å². The van der Waals surface area contributed by atoms with Gasteiger partial charge >= 0.3 is 0 Å². The fraction of sp³-hybridized carbons (Fsp3) is 0.438. The van der Waals surface area contributed by atoms with Crippen LogP contribution in [-0.4, -0.2) is 25.7 Å². The highest BCUT2D eigenvalue weighted by Gasteiger charge is 2.12. The van der Waals surface area contributed by atoms with Gasteiger partial charge in [0, 0.05) is 5.38 Å². The van der Waals surface area contributed by atoms with E-state index in [0.29, 0.717) is 5.92 Å². The van der Waals surface area contributed by atoms with Gasteiger partial charge in [0.15, 0.2) is 0 Å². The van der Waals surface area contributed by atoms with E-state index < -0.39 is 0 Å². The molecule has 0 aliphatic heterocycles. The highest BCUT2D eigenvalue weighted by Crippen LogP contribution is 2.18. The molecule has 0 fully saturated rings. The van der Waals surface area contributed by atoms with Crippen LogP contribution in [0.4, 0.5) is 0 Å². The van der Waals surface area contributed by atoms with Crippen LogP contribution < -0.4 is 10.1 Å². The molecular formula is C16H22N2OS. The van der Waals surface area contributed by atoms with Crippen LogP contribution in [0.1, 0.15) is 16.3 Å². The number of hydrogen-bond donors (Lipinski definition) is 1. The Kier molecular flexibility index (Phi) is 5.56. The van der Waals surface area contributed by atoms with Gasteiger partial charge in [-0.1, -0.05) is 12.1 Å². The van der Waals surface area contributed by atoms with Crippen molar-refractivity contribution >= 4 is 11.3 Å². The fourth-order valence-corrected chi connectivity index (χ4v) is 3.02. The molecule has 2 aromatic rings. The van der Waals surface area contributed by atoms with Gasteiger partial charge in [0.1, 0.15) is 5.75 Å². The summed E-state index contributed by atoms with van der Waals surface area (Å²) in [7, 11) is 3.71. The van der Waals surface area contributed by atoms with E-state index in [4.69, 9.17) is 4.74 Å². The fourth-order valence-electron chi connectivity index (χ4n) is 2.40. The number of rotatable bonds is 7. The van der Waals surface area contributed by atoms with Crippen molar-refractivity contribution < 1.29 is 4.74 Å². The molecule has 1 unspecified atom stereocenters. The van der Waals surface area contributed by atoms with Crippen LogP contribution in [0, 0.1) is 12.8 Å². The lowest BCUT2D eigenvalue weighted by atomic mass is 9.95. The average molecular weight is 290 g/mol. The minimum Gasteiger partial charge on any atom is -0.497 e. The molecule has 1 atom stereocenters. The molecule has 0 saturated heterocycles. The van der Waals surface area contributed by atoms with Gasteiger partial charge in [-0.05, 0) is 57.0 Å². The van der Waals surface area contributed by atoms with Gasteiger partial charge in [0.25, 0.3) is 0 Å². The lowest BCUT2D eigenvalue weighted by Gasteiger charge is -2.15. The van der Waals surface area contributed by atoms with Crippen LogP contribution in [0.2, 0.25) is 0 Å². The zero-order valence-corrected chi connectivity index (χ0v) is 13.2. The molecule has 1 heterocycles. The second-order valence-electron chi connectivity index (χ2n) is 5.04. The Labute approximate surface area is 125 Å². The number of nitrogens with zero attached hydrogens (tertiary/aromatic N) is 1. The van der Waals surface area contributed by atoms with Crippen molar-refractivity contribution in [2.45, 2.75) is 19.8 Å². The quantitative estimate of drug-likeness (QED) is 0.851. The summed E-state index contributed by atoms with van der Waals surface area (Å²) >= 11 is 1.73. The van der Waals surface area contributed by atoms with E-state index in [9.17, 15) is 0 Å². The number of aromatic nitrogens is 1. The summed E-state index contributed by atoms with van der Waals surface area (Å²) in [5.41, 5.74) is 2.55. The topological polar surface area (TPSA) is 34.1 Å². The number of thiazole rings is 1. The summed E-state index contributed by atoms with van der Waals surface area (Å²) in [6, 6.07) is 8.35. The van der Waals surface area contributed by atoms with Gasteiger partial charge in [-0.3, -0.25) is 0 Å². The molecule has 0 aliphatic rings. The number of methoxy groups -OCH3 is 1. The molecule has 0 saturated carbocycles. The zero-order chi connectivity index (χ0) is 14.4. The van der Waals surface area contributed by atoms with Crippen LogP contribution in [0.15, 0.2) is 29.6 Å². The van der Waals surface area contributed by atoms with Crippen molar-refractivity contribution in [3.05, 3.63) is 45.9 Å². The number of ether oxygens (including phenoxy) is 1. The first kappa shape index (κ1) is 15.0. The van der Waals surface area contributed by atoms with Crippen LogP contribution in [0.3, 0.4) is 0 Å². The summed E-state index contributed by atoms with van der Waals surface area (Å²) < 4.78 is 5.20. The first-order valence-electron chi connectivity index (χ1n) is 6.89. The van der Waals surface area contributed by atoms with E-state index in [2.05, 4.69) is 34.7 Å². The molecular weight excluding hydrogens is 268 g/mol. The molecule has 2 rings (SSSR count). The molecule has 0 spiro atoms. The molecule has 0 radical (unpaired) electrons.